The van der Waals surface area contributed by atoms with E-state index in [1.807, 2.05) is 18.2 Å². The van der Waals surface area contributed by atoms with E-state index in [1.165, 1.54) is 5.56 Å². The number of hydrogen-bond acceptors (Lipinski definition) is 4. The number of aliphatic hydroxyl groups is 1. The minimum absolute atomic E-state index is 0.172. The van der Waals surface area contributed by atoms with Gasteiger partial charge in [0.15, 0.2) is 0 Å². The first-order valence-corrected chi connectivity index (χ1v) is 5.02. The van der Waals surface area contributed by atoms with Gasteiger partial charge >= 0.3 is 0 Å². The molecule has 1 rings (SSSR count). The van der Waals surface area contributed by atoms with Gasteiger partial charge in [-0.05, 0) is 30.7 Å². The van der Waals surface area contributed by atoms with Gasteiger partial charge in [-0.25, -0.2) is 0 Å². The lowest BCUT2D eigenvalue weighted by molar-refractivity contribution is 0.293. The van der Waals surface area contributed by atoms with Crippen LogP contribution in [0.15, 0.2) is 18.2 Å². The van der Waals surface area contributed by atoms with E-state index in [4.69, 9.17) is 15.6 Å². The number of benzene rings is 1. The van der Waals surface area contributed by atoms with Crippen LogP contribution in [0.4, 0.5) is 5.69 Å². The third-order valence-corrected chi connectivity index (χ3v) is 2.18. The summed E-state index contributed by atoms with van der Waals surface area (Å²) in [6, 6.07) is 5.77. The van der Waals surface area contributed by atoms with Gasteiger partial charge in [-0.3, -0.25) is 0 Å². The second-order valence-electron chi connectivity index (χ2n) is 3.30. The van der Waals surface area contributed by atoms with Gasteiger partial charge in [-0.1, -0.05) is 6.07 Å². The first-order valence-electron chi connectivity index (χ1n) is 5.02. The monoisotopic (exact) mass is 210 g/mol. The molecule has 0 amide bonds. The molecular formula is C11H18N2O2. The minimum atomic E-state index is 0.172. The molecule has 84 valence electrons. The fraction of sp³-hybridized carbons (Fsp3) is 0.455. The van der Waals surface area contributed by atoms with Crippen molar-refractivity contribution in [1.29, 1.82) is 0 Å². The quantitative estimate of drug-likeness (QED) is 0.470. The predicted octanol–water partition coefficient (Wildman–Crippen LogP) is 0.402. The molecule has 0 atom stereocenters. The summed E-state index contributed by atoms with van der Waals surface area (Å²) >= 11 is 0. The van der Waals surface area contributed by atoms with Crippen molar-refractivity contribution in [2.45, 2.75) is 6.42 Å². The number of nitrogens with one attached hydrogen (secondary N) is 1. The van der Waals surface area contributed by atoms with Gasteiger partial charge in [-0.2, -0.15) is 0 Å². The Bertz CT molecular complexity index is 303. The Morgan fingerprint density at radius 1 is 1.40 bits per heavy atom. The highest BCUT2D eigenvalue weighted by atomic mass is 16.5. The highest BCUT2D eigenvalue weighted by Gasteiger charge is 2.00. The van der Waals surface area contributed by atoms with Crippen LogP contribution in [0.3, 0.4) is 0 Å². The molecule has 4 N–H and O–H groups in total. The molecular weight excluding hydrogens is 192 g/mol. The summed E-state index contributed by atoms with van der Waals surface area (Å²) in [4.78, 5) is 0. The first-order chi connectivity index (χ1) is 7.27. The SMILES string of the molecule is COc1cc(CCNCCO)ccc1N. The van der Waals surface area contributed by atoms with Crippen LogP contribution in [0.1, 0.15) is 5.56 Å². The molecule has 0 saturated heterocycles. The number of anilines is 1. The minimum Gasteiger partial charge on any atom is -0.495 e. The highest BCUT2D eigenvalue weighted by Crippen LogP contribution is 2.22. The molecule has 0 heterocycles. The van der Waals surface area contributed by atoms with Crippen molar-refractivity contribution < 1.29 is 9.84 Å². The molecule has 0 aromatic heterocycles. The summed E-state index contributed by atoms with van der Waals surface area (Å²) in [7, 11) is 1.61. The largest absolute Gasteiger partial charge is 0.495 e. The van der Waals surface area contributed by atoms with Crippen molar-refractivity contribution >= 4 is 5.69 Å². The van der Waals surface area contributed by atoms with E-state index >= 15 is 0 Å². The lowest BCUT2D eigenvalue weighted by Gasteiger charge is -2.07. The third kappa shape index (κ3) is 3.77. The average molecular weight is 210 g/mol. The Morgan fingerprint density at radius 3 is 2.87 bits per heavy atom. The summed E-state index contributed by atoms with van der Waals surface area (Å²) in [5, 5.41) is 11.7. The zero-order valence-electron chi connectivity index (χ0n) is 8.99. The van der Waals surface area contributed by atoms with Crippen LogP contribution in [0, 0.1) is 0 Å². The van der Waals surface area contributed by atoms with E-state index < -0.39 is 0 Å². The van der Waals surface area contributed by atoms with Crippen molar-refractivity contribution in [3.8, 4) is 5.75 Å². The van der Waals surface area contributed by atoms with Crippen LogP contribution in [-0.4, -0.2) is 31.9 Å². The van der Waals surface area contributed by atoms with Gasteiger partial charge in [-0.15, -0.1) is 0 Å². The van der Waals surface area contributed by atoms with Crippen LogP contribution >= 0.6 is 0 Å². The Morgan fingerprint density at radius 2 is 2.20 bits per heavy atom. The van der Waals surface area contributed by atoms with Gasteiger partial charge < -0.3 is 20.9 Å². The van der Waals surface area contributed by atoms with Crippen molar-refractivity contribution in [3.05, 3.63) is 23.8 Å². The summed E-state index contributed by atoms with van der Waals surface area (Å²) in [5.41, 5.74) is 7.53. The van der Waals surface area contributed by atoms with E-state index in [0.717, 1.165) is 18.7 Å². The van der Waals surface area contributed by atoms with Gasteiger partial charge in [0.25, 0.3) is 0 Å². The summed E-state index contributed by atoms with van der Waals surface area (Å²) in [6.07, 6.45) is 0.899. The number of aliphatic hydroxyl groups excluding tert-OH is 1. The molecule has 0 aliphatic heterocycles. The topological polar surface area (TPSA) is 67.5 Å². The van der Waals surface area contributed by atoms with Crippen molar-refractivity contribution in [3.63, 3.8) is 0 Å². The maximum absolute atomic E-state index is 8.58. The second-order valence-corrected chi connectivity index (χ2v) is 3.30. The molecule has 15 heavy (non-hydrogen) atoms. The number of nitrogens with two attached hydrogens (primary N) is 1. The summed E-state index contributed by atoms with van der Waals surface area (Å²) < 4.78 is 5.13. The Hall–Kier alpha value is -1.26. The van der Waals surface area contributed by atoms with Crippen molar-refractivity contribution in [1.82, 2.24) is 5.32 Å². The number of hydrogen-bond donors (Lipinski definition) is 3. The number of ether oxygens (including phenoxy) is 1. The van der Waals surface area contributed by atoms with E-state index in [2.05, 4.69) is 5.32 Å². The maximum atomic E-state index is 8.58. The fourth-order valence-corrected chi connectivity index (χ4v) is 1.35. The molecule has 4 nitrogen and oxygen atoms in total. The lowest BCUT2D eigenvalue weighted by atomic mass is 10.1. The van der Waals surface area contributed by atoms with Gasteiger partial charge in [0, 0.05) is 6.54 Å². The summed E-state index contributed by atoms with van der Waals surface area (Å²) in [5.74, 6) is 0.717. The van der Waals surface area contributed by atoms with Gasteiger partial charge in [0.05, 0.1) is 19.4 Å². The van der Waals surface area contributed by atoms with Crippen LogP contribution in [-0.2, 0) is 6.42 Å². The molecule has 0 unspecified atom stereocenters. The molecule has 0 bridgehead atoms. The first kappa shape index (κ1) is 11.8. The fourth-order valence-electron chi connectivity index (χ4n) is 1.35. The predicted molar refractivity (Wildman–Crippen MR) is 61.1 cm³/mol. The lowest BCUT2D eigenvalue weighted by Crippen LogP contribution is -2.20. The second kappa shape index (κ2) is 6.27. The van der Waals surface area contributed by atoms with Gasteiger partial charge in [0.2, 0.25) is 0 Å². The van der Waals surface area contributed by atoms with Crippen LogP contribution < -0.4 is 15.8 Å². The standard InChI is InChI=1S/C11H18N2O2/c1-15-11-8-9(2-3-10(11)12)4-5-13-6-7-14/h2-3,8,13-14H,4-7,12H2,1H3. The molecule has 1 aromatic rings. The van der Waals surface area contributed by atoms with E-state index in [1.54, 1.807) is 7.11 Å². The molecule has 1 aromatic carbocycles. The highest BCUT2D eigenvalue weighted by molar-refractivity contribution is 5.53. The Balaban J connectivity index is 2.47. The van der Waals surface area contributed by atoms with E-state index in [0.29, 0.717) is 12.2 Å². The van der Waals surface area contributed by atoms with Crippen molar-refractivity contribution in [2.75, 3.05) is 32.5 Å². The maximum Gasteiger partial charge on any atom is 0.142 e. The van der Waals surface area contributed by atoms with Crippen LogP contribution in [0.25, 0.3) is 0 Å². The number of rotatable bonds is 6. The summed E-state index contributed by atoms with van der Waals surface area (Å²) in [6.45, 7) is 1.64. The Labute approximate surface area is 90.1 Å². The number of nitrogen functional groups attached to an aromatic ring is 1. The number of methoxy groups -OCH3 is 1. The third-order valence-electron chi connectivity index (χ3n) is 2.18. The molecule has 0 aliphatic carbocycles. The molecule has 0 spiro atoms. The zero-order valence-corrected chi connectivity index (χ0v) is 8.99. The van der Waals surface area contributed by atoms with Crippen LogP contribution in [0.5, 0.6) is 5.75 Å². The van der Waals surface area contributed by atoms with Crippen molar-refractivity contribution in [2.24, 2.45) is 0 Å². The van der Waals surface area contributed by atoms with Gasteiger partial charge in [0.1, 0.15) is 5.75 Å². The molecule has 0 aliphatic rings. The van der Waals surface area contributed by atoms with E-state index in [9.17, 15) is 0 Å². The zero-order chi connectivity index (χ0) is 11.1. The average Bonchev–Trinajstić information content (AvgIpc) is 2.26. The smallest absolute Gasteiger partial charge is 0.142 e. The molecule has 0 saturated carbocycles. The van der Waals surface area contributed by atoms with Crippen LogP contribution in [0.2, 0.25) is 0 Å². The van der Waals surface area contributed by atoms with E-state index in [-0.39, 0.29) is 6.61 Å². The molecule has 4 heteroatoms. The normalized spacial score (nSPS) is 10.3. The Kier molecular flexibility index (Phi) is 4.93. The molecule has 0 radical (unpaired) electrons. The molecule has 0 fully saturated rings.